The van der Waals surface area contributed by atoms with Gasteiger partial charge in [-0.3, -0.25) is 4.79 Å². The lowest BCUT2D eigenvalue weighted by molar-refractivity contribution is -0.148. The van der Waals surface area contributed by atoms with Crippen molar-refractivity contribution in [2.45, 2.75) is 85.2 Å². The van der Waals surface area contributed by atoms with E-state index < -0.39 is 5.60 Å². The van der Waals surface area contributed by atoms with Gasteiger partial charge in [0.25, 0.3) is 5.91 Å². The molecule has 0 aliphatic heterocycles. The third-order valence-corrected chi connectivity index (χ3v) is 5.41. The van der Waals surface area contributed by atoms with Crippen molar-refractivity contribution in [1.82, 2.24) is 0 Å². The molecular weight excluding hydrogens is 338 g/mol. The van der Waals surface area contributed by atoms with Crippen molar-refractivity contribution < 1.29 is 14.3 Å². The van der Waals surface area contributed by atoms with E-state index in [-0.39, 0.29) is 5.91 Å². The minimum absolute atomic E-state index is 0.000881. The number of rotatable bonds is 9. The Morgan fingerprint density at radius 3 is 2.48 bits per heavy atom. The number of benzene rings is 1. The summed E-state index contributed by atoms with van der Waals surface area (Å²) in [6.07, 6.45) is 6.91. The van der Waals surface area contributed by atoms with E-state index in [1.165, 1.54) is 6.42 Å². The molecule has 1 N–H and O–H groups in total. The zero-order chi connectivity index (χ0) is 19.9. The standard InChI is InChI=1S/C23H37NO3/c1-6-8-13-26-21-18(4)14-20(15-19(21)5)24-22(25)23(27-12-7-2)11-9-10-17(3)16-23/h14-15,17H,6-13,16H2,1-5H3,(H,24,25)/t17-,23-/m0/s1. The van der Waals surface area contributed by atoms with E-state index in [1.54, 1.807) is 0 Å². The van der Waals surface area contributed by atoms with Gasteiger partial charge >= 0.3 is 0 Å². The summed E-state index contributed by atoms with van der Waals surface area (Å²) >= 11 is 0. The molecule has 0 spiro atoms. The second-order valence-corrected chi connectivity index (χ2v) is 8.14. The number of amides is 1. The number of hydrogen-bond acceptors (Lipinski definition) is 3. The van der Waals surface area contributed by atoms with Gasteiger partial charge in [0.1, 0.15) is 11.4 Å². The largest absolute Gasteiger partial charge is 0.493 e. The number of anilines is 1. The molecule has 0 saturated heterocycles. The predicted molar refractivity (Wildman–Crippen MR) is 112 cm³/mol. The zero-order valence-electron chi connectivity index (χ0n) is 17.8. The molecule has 152 valence electrons. The third-order valence-electron chi connectivity index (χ3n) is 5.41. The van der Waals surface area contributed by atoms with E-state index in [2.05, 4.69) is 26.1 Å². The van der Waals surface area contributed by atoms with Crippen molar-refractivity contribution in [2.75, 3.05) is 18.5 Å². The summed E-state index contributed by atoms with van der Waals surface area (Å²) < 4.78 is 12.1. The highest BCUT2D eigenvalue weighted by Gasteiger charge is 2.42. The molecule has 0 unspecified atom stereocenters. The number of nitrogens with one attached hydrogen (secondary N) is 1. The van der Waals surface area contributed by atoms with Gasteiger partial charge in [-0.05, 0) is 75.1 Å². The van der Waals surface area contributed by atoms with E-state index in [4.69, 9.17) is 9.47 Å². The van der Waals surface area contributed by atoms with Crippen LogP contribution in [0.1, 0.15) is 76.8 Å². The van der Waals surface area contributed by atoms with Crippen molar-refractivity contribution >= 4 is 11.6 Å². The van der Waals surface area contributed by atoms with Crippen molar-refractivity contribution in [3.8, 4) is 5.75 Å². The summed E-state index contributed by atoms with van der Waals surface area (Å²) in [5.41, 5.74) is 2.26. The van der Waals surface area contributed by atoms with Crippen LogP contribution in [0.3, 0.4) is 0 Å². The summed E-state index contributed by atoms with van der Waals surface area (Å²) in [6, 6.07) is 4.01. The van der Waals surface area contributed by atoms with Crippen molar-refractivity contribution in [2.24, 2.45) is 5.92 Å². The van der Waals surface area contributed by atoms with Crippen LogP contribution in [0.2, 0.25) is 0 Å². The first-order valence-electron chi connectivity index (χ1n) is 10.6. The van der Waals surface area contributed by atoms with Gasteiger partial charge in [-0.2, -0.15) is 0 Å². The van der Waals surface area contributed by atoms with Gasteiger partial charge < -0.3 is 14.8 Å². The molecule has 27 heavy (non-hydrogen) atoms. The van der Waals surface area contributed by atoms with E-state index >= 15 is 0 Å². The van der Waals surface area contributed by atoms with E-state index in [0.717, 1.165) is 67.7 Å². The first-order chi connectivity index (χ1) is 12.9. The average Bonchev–Trinajstić information content (AvgIpc) is 2.62. The van der Waals surface area contributed by atoms with Crippen LogP contribution >= 0.6 is 0 Å². The minimum atomic E-state index is -0.689. The fourth-order valence-electron chi connectivity index (χ4n) is 4.02. The average molecular weight is 376 g/mol. The second-order valence-electron chi connectivity index (χ2n) is 8.14. The van der Waals surface area contributed by atoms with Gasteiger partial charge in [-0.25, -0.2) is 0 Å². The maximum Gasteiger partial charge on any atom is 0.256 e. The van der Waals surface area contributed by atoms with Gasteiger partial charge in [-0.15, -0.1) is 0 Å². The molecule has 2 atom stereocenters. The van der Waals surface area contributed by atoms with Crippen LogP contribution in [0.25, 0.3) is 0 Å². The van der Waals surface area contributed by atoms with Crippen LogP contribution < -0.4 is 10.1 Å². The molecule has 0 heterocycles. The SMILES string of the molecule is CCCCOc1c(C)cc(NC(=O)[C@]2(OCCC)CCC[C@H](C)C2)cc1C. The molecule has 1 saturated carbocycles. The van der Waals surface area contributed by atoms with Crippen LogP contribution in [0.4, 0.5) is 5.69 Å². The Hall–Kier alpha value is -1.55. The molecule has 2 rings (SSSR count). The molecular formula is C23H37NO3. The van der Waals surface area contributed by atoms with Gasteiger partial charge in [-0.1, -0.05) is 33.6 Å². The Labute approximate surface area is 165 Å². The predicted octanol–water partition coefficient (Wildman–Crippen LogP) is 5.80. The topological polar surface area (TPSA) is 47.6 Å². The highest BCUT2D eigenvalue weighted by molar-refractivity contribution is 5.97. The number of unbranched alkanes of at least 4 members (excludes halogenated alkanes) is 1. The zero-order valence-corrected chi connectivity index (χ0v) is 17.8. The lowest BCUT2D eigenvalue weighted by atomic mass is 9.78. The fraction of sp³-hybridized carbons (Fsp3) is 0.696. The third kappa shape index (κ3) is 5.71. The molecule has 0 bridgehead atoms. The molecule has 1 fully saturated rings. The maximum atomic E-state index is 13.2. The monoisotopic (exact) mass is 375 g/mol. The Balaban J connectivity index is 2.14. The van der Waals surface area contributed by atoms with Crippen LogP contribution in [-0.4, -0.2) is 24.7 Å². The van der Waals surface area contributed by atoms with Crippen molar-refractivity contribution in [3.63, 3.8) is 0 Å². The summed E-state index contributed by atoms with van der Waals surface area (Å²) in [5.74, 6) is 1.45. The van der Waals surface area contributed by atoms with Crippen LogP contribution in [0, 0.1) is 19.8 Å². The molecule has 4 nitrogen and oxygen atoms in total. The summed E-state index contributed by atoms with van der Waals surface area (Å²) in [4.78, 5) is 13.2. The number of carbonyl (C=O) groups is 1. The van der Waals surface area contributed by atoms with Crippen molar-refractivity contribution in [1.29, 1.82) is 0 Å². The first kappa shape index (κ1) is 21.7. The van der Waals surface area contributed by atoms with Crippen LogP contribution in [0.15, 0.2) is 12.1 Å². The molecule has 1 aromatic carbocycles. The Morgan fingerprint density at radius 2 is 1.89 bits per heavy atom. The van der Waals surface area contributed by atoms with Gasteiger partial charge in [0.15, 0.2) is 0 Å². The second kappa shape index (κ2) is 10.1. The molecule has 1 aromatic rings. The number of carbonyl (C=O) groups excluding carboxylic acids is 1. The van der Waals surface area contributed by atoms with Gasteiger partial charge in [0.2, 0.25) is 0 Å². The van der Waals surface area contributed by atoms with E-state index in [0.29, 0.717) is 12.5 Å². The quantitative estimate of drug-likeness (QED) is 0.555. The highest BCUT2D eigenvalue weighted by Crippen LogP contribution is 2.37. The minimum Gasteiger partial charge on any atom is -0.493 e. The van der Waals surface area contributed by atoms with Gasteiger partial charge in [0.05, 0.1) is 6.61 Å². The van der Waals surface area contributed by atoms with Crippen LogP contribution in [-0.2, 0) is 9.53 Å². The normalized spacial score (nSPS) is 22.5. The Kier molecular flexibility index (Phi) is 8.15. The summed E-state index contributed by atoms with van der Waals surface area (Å²) in [5, 5.41) is 3.14. The van der Waals surface area contributed by atoms with Gasteiger partial charge in [0, 0.05) is 12.3 Å². The molecule has 1 aliphatic rings. The van der Waals surface area contributed by atoms with E-state index in [1.807, 2.05) is 26.0 Å². The number of ether oxygens (including phenoxy) is 2. The first-order valence-corrected chi connectivity index (χ1v) is 10.6. The summed E-state index contributed by atoms with van der Waals surface area (Å²) in [7, 11) is 0. The molecule has 0 radical (unpaired) electrons. The van der Waals surface area contributed by atoms with Crippen molar-refractivity contribution in [3.05, 3.63) is 23.3 Å². The Morgan fingerprint density at radius 1 is 1.19 bits per heavy atom. The fourth-order valence-corrected chi connectivity index (χ4v) is 4.02. The lowest BCUT2D eigenvalue weighted by Crippen LogP contribution is -2.48. The smallest absolute Gasteiger partial charge is 0.256 e. The molecule has 0 aromatic heterocycles. The molecule has 1 amide bonds. The molecule has 4 heteroatoms. The summed E-state index contributed by atoms with van der Waals surface area (Å²) in [6.45, 7) is 11.9. The van der Waals surface area contributed by atoms with Crippen LogP contribution in [0.5, 0.6) is 5.75 Å². The number of hydrogen-bond donors (Lipinski definition) is 1. The number of aryl methyl sites for hydroxylation is 2. The maximum absolute atomic E-state index is 13.2. The Bertz CT molecular complexity index is 605. The van der Waals surface area contributed by atoms with E-state index in [9.17, 15) is 4.79 Å². The lowest BCUT2D eigenvalue weighted by Gasteiger charge is -2.38. The molecule has 1 aliphatic carbocycles. The highest BCUT2D eigenvalue weighted by atomic mass is 16.5.